The highest BCUT2D eigenvalue weighted by molar-refractivity contribution is 5.69. The van der Waals surface area contributed by atoms with Crippen molar-refractivity contribution in [2.24, 2.45) is 0 Å². The minimum absolute atomic E-state index is 0.0520. The lowest BCUT2D eigenvalue weighted by Crippen LogP contribution is -2.11. The summed E-state index contributed by atoms with van der Waals surface area (Å²) in [4.78, 5) is 10.7. The zero-order chi connectivity index (χ0) is 10.1. The van der Waals surface area contributed by atoms with Crippen molar-refractivity contribution in [1.82, 2.24) is 14.8 Å². The normalized spacial score (nSPS) is 15.9. The first kappa shape index (κ1) is 9.18. The van der Waals surface area contributed by atoms with Crippen molar-refractivity contribution in [1.29, 1.82) is 0 Å². The van der Waals surface area contributed by atoms with Crippen LogP contribution >= 0.6 is 0 Å². The molecule has 5 heteroatoms. The van der Waals surface area contributed by atoms with Gasteiger partial charge in [-0.15, -0.1) is 5.10 Å². The van der Waals surface area contributed by atoms with Crippen molar-refractivity contribution in [2.45, 2.75) is 38.8 Å². The van der Waals surface area contributed by atoms with E-state index in [1.807, 2.05) is 13.8 Å². The second-order valence-corrected chi connectivity index (χ2v) is 3.73. The Morgan fingerprint density at radius 1 is 1.50 bits per heavy atom. The Balaban J connectivity index is 2.29. The maximum Gasteiger partial charge on any atom is 0.317 e. The minimum atomic E-state index is 0.0520. The van der Waals surface area contributed by atoms with Gasteiger partial charge in [-0.1, -0.05) is 5.10 Å². The van der Waals surface area contributed by atoms with Crippen molar-refractivity contribution in [3.8, 4) is 6.01 Å². The number of nitrogens with zero attached hydrogens (tertiary/aromatic N) is 3. The Morgan fingerprint density at radius 3 is 2.71 bits per heavy atom. The summed E-state index contributed by atoms with van der Waals surface area (Å²) < 4.78 is 7.24. The Morgan fingerprint density at radius 2 is 2.21 bits per heavy atom. The maximum atomic E-state index is 10.7. The average molecular weight is 195 g/mol. The lowest BCUT2D eigenvalue weighted by atomic mass is 10.5. The van der Waals surface area contributed by atoms with Gasteiger partial charge in [0.25, 0.3) is 0 Å². The smallest absolute Gasteiger partial charge is 0.317 e. The van der Waals surface area contributed by atoms with Gasteiger partial charge in [0, 0.05) is 6.04 Å². The molecule has 0 aliphatic heterocycles. The molecule has 1 aromatic heterocycles. The second-order valence-electron chi connectivity index (χ2n) is 3.73. The molecule has 0 spiro atoms. The zero-order valence-corrected chi connectivity index (χ0v) is 8.30. The van der Waals surface area contributed by atoms with Crippen LogP contribution in [0.4, 0.5) is 0 Å². The fraction of sp³-hybridized carbons (Fsp3) is 0.667. The molecule has 0 N–H and O–H groups in total. The Kier molecular flexibility index (Phi) is 2.23. The first-order valence-electron chi connectivity index (χ1n) is 4.79. The SMILES string of the molecule is CC(C)Oc1nnc(C=O)n1C1CC1. The van der Waals surface area contributed by atoms with Crippen LogP contribution in [0.1, 0.15) is 43.3 Å². The lowest BCUT2D eigenvalue weighted by molar-refractivity contribution is 0.110. The maximum absolute atomic E-state index is 10.7. The predicted molar refractivity (Wildman–Crippen MR) is 49.4 cm³/mol. The summed E-state index contributed by atoms with van der Waals surface area (Å²) in [5.41, 5.74) is 0. The van der Waals surface area contributed by atoms with E-state index in [9.17, 15) is 4.79 Å². The molecule has 14 heavy (non-hydrogen) atoms. The summed E-state index contributed by atoms with van der Waals surface area (Å²) in [5.74, 6) is 0.364. The molecule has 5 nitrogen and oxygen atoms in total. The summed E-state index contributed by atoms with van der Waals surface area (Å²) in [6.07, 6.45) is 2.93. The average Bonchev–Trinajstić information content (AvgIpc) is 2.88. The molecule has 0 radical (unpaired) electrons. The Bertz CT molecular complexity index is 342. The summed E-state index contributed by atoms with van der Waals surface area (Å²) in [5, 5.41) is 7.62. The Hall–Kier alpha value is -1.39. The van der Waals surface area contributed by atoms with Crippen LogP contribution in [0, 0.1) is 0 Å². The Labute approximate surface area is 82.1 Å². The van der Waals surface area contributed by atoms with Gasteiger partial charge in [0.05, 0.1) is 6.10 Å². The predicted octanol–water partition coefficient (Wildman–Crippen LogP) is 1.21. The fourth-order valence-corrected chi connectivity index (χ4v) is 1.34. The van der Waals surface area contributed by atoms with E-state index in [0.717, 1.165) is 19.1 Å². The van der Waals surface area contributed by atoms with E-state index in [1.165, 1.54) is 0 Å². The number of hydrogen-bond acceptors (Lipinski definition) is 4. The van der Waals surface area contributed by atoms with Crippen molar-refractivity contribution in [2.75, 3.05) is 0 Å². The molecule has 1 aromatic rings. The van der Waals surface area contributed by atoms with Gasteiger partial charge in [0.1, 0.15) is 0 Å². The first-order chi connectivity index (χ1) is 6.72. The third kappa shape index (κ3) is 1.62. The highest BCUT2D eigenvalue weighted by atomic mass is 16.5. The fourth-order valence-electron chi connectivity index (χ4n) is 1.34. The molecule has 0 amide bonds. The molecule has 76 valence electrons. The highest BCUT2D eigenvalue weighted by Gasteiger charge is 2.30. The quantitative estimate of drug-likeness (QED) is 0.677. The van der Waals surface area contributed by atoms with Crippen LogP contribution in [0.15, 0.2) is 0 Å². The van der Waals surface area contributed by atoms with Gasteiger partial charge in [0.2, 0.25) is 0 Å². The molecule has 1 saturated carbocycles. The van der Waals surface area contributed by atoms with Crippen molar-refractivity contribution < 1.29 is 9.53 Å². The summed E-state index contributed by atoms with van der Waals surface area (Å²) in [7, 11) is 0. The van der Waals surface area contributed by atoms with E-state index in [1.54, 1.807) is 4.57 Å². The van der Waals surface area contributed by atoms with Crippen LogP contribution in [0.25, 0.3) is 0 Å². The first-order valence-corrected chi connectivity index (χ1v) is 4.79. The standard InChI is InChI=1S/C9H13N3O2/c1-6(2)14-9-11-10-8(5-13)12(9)7-3-4-7/h5-7H,3-4H2,1-2H3. The molecule has 1 aliphatic rings. The highest BCUT2D eigenvalue weighted by Crippen LogP contribution is 2.38. The van der Waals surface area contributed by atoms with Gasteiger partial charge in [-0.2, -0.15) is 0 Å². The number of ether oxygens (including phenoxy) is 1. The van der Waals surface area contributed by atoms with Crippen LogP contribution in [-0.4, -0.2) is 27.2 Å². The summed E-state index contributed by atoms with van der Waals surface area (Å²) >= 11 is 0. The van der Waals surface area contributed by atoms with E-state index < -0.39 is 0 Å². The number of hydrogen-bond donors (Lipinski definition) is 0. The minimum Gasteiger partial charge on any atom is -0.461 e. The van der Waals surface area contributed by atoms with E-state index >= 15 is 0 Å². The van der Waals surface area contributed by atoms with E-state index in [4.69, 9.17) is 4.74 Å². The lowest BCUT2D eigenvalue weighted by Gasteiger charge is -2.09. The van der Waals surface area contributed by atoms with Crippen molar-refractivity contribution in [3.63, 3.8) is 0 Å². The third-order valence-electron chi connectivity index (χ3n) is 2.05. The molecule has 0 atom stereocenters. The van der Waals surface area contributed by atoms with Crippen LogP contribution < -0.4 is 4.74 Å². The molecule has 0 aromatic carbocycles. The molecule has 0 saturated heterocycles. The van der Waals surface area contributed by atoms with Gasteiger partial charge in [-0.3, -0.25) is 9.36 Å². The van der Waals surface area contributed by atoms with Crippen LogP contribution in [-0.2, 0) is 0 Å². The topological polar surface area (TPSA) is 57.0 Å². The number of aromatic nitrogens is 3. The van der Waals surface area contributed by atoms with Crippen LogP contribution in [0.5, 0.6) is 6.01 Å². The molecule has 0 unspecified atom stereocenters. The molecule has 2 rings (SSSR count). The van der Waals surface area contributed by atoms with E-state index in [-0.39, 0.29) is 6.10 Å². The number of aldehydes is 1. The van der Waals surface area contributed by atoms with Crippen LogP contribution in [0.2, 0.25) is 0 Å². The van der Waals surface area contributed by atoms with E-state index in [0.29, 0.717) is 17.9 Å². The molecular formula is C9H13N3O2. The molecule has 1 fully saturated rings. The summed E-state index contributed by atoms with van der Waals surface area (Å²) in [6, 6.07) is 0.823. The van der Waals surface area contributed by atoms with Gasteiger partial charge < -0.3 is 4.74 Å². The molecule has 1 aliphatic carbocycles. The molecular weight excluding hydrogens is 182 g/mol. The number of rotatable bonds is 4. The van der Waals surface area contributed by atoms with Gasteiger partial charge in [-0.05, 0) is 26.7 Å². The molecule has 0 bridgehead atoms. The zero-order valence-electron chi connectivity index (χ0n) is 8.30. The second kappa shape index (κ2) is 3.40. The van der Waals surface area contributed by atoms with Crippen molar-refractivity contribution in [3.05, 3.63) is 5.82 Å². The largest absolute Gasteiger partial charge is 0.461 e. The van der Waals surface area contributed by atoms with E-state index in [2.05, 4.69) is 10.2 Å². The third-order valence-corrected chi connectivity index (χ3v) is 2.05. The molecule has 1 heterocycles. The number of carbonyl (C=O) groups excluding carboxylic acids is 1. The van der Waals surface area contributed by atoms with Gasteiger partial charge in [0.15, 0.2) is 12.1 Å². The van der Waals surface area contributed by atoms with Gasteiger partial charge >= 0.3 is 6.01 Å². The van der Waals surface area contributed by atoms with Crippen molar-refractivity contribution >= 4 is 6.29 Å². The van der Waals surface area contributed by atoms with Gasteiger partial charge in [-0.25, -0.2) is 0 Å². The monoisotopic (exact) mass is 195 g/mol. The number of carbonyl (C=O) groups is 1. The van der Waals surface area contributed by atoms with Crippen LogP contribution in [0.3, 0.4) is 0 Å². The summed E-state index contributed by atoms with van der Waals surface area (Å²) in [6.45, 7) is 3.85.